The van der Waals surface area contributed by atoms with Crippen molar-refractivity contribution in [3.05, 3.63) is 71.9 Å². The van der Waals surface area contributed by atoms with E-state index in [1.54, 1.807) is 55.8 Å². The van der Waals surface area contributed by atoms with Crippen molar-refractivity contribution in [2.24, 2.45) is 0 Å². The molecule has 1 heterocycles. The first-order valence-corrected chi connectivity index (χ1v) is 8.09. The Hall–Kier alpha value is -3.41. The average molecular weight is 350 g/mol. The zero-order valence-electron chi connectivity index (χ0n) is 14.2. The number of fused-ring (bicyclic) bond motifs is 1. The van der Waals surface area contributed by atoms with Crippen LogP contribution in [0.25, 0.3) is 10.9 Å². The minimum absolute atomic E-state index is 0.149. The normalized spacial score (nSPS) is 11.7. The molecule has 1 atom stereocenters. The maximum atomic E-state index is 12.6. The van der Waals surface area contributed by atoms with E-state index >= 15 is 0 Å². The summed E-state index contributed by atoms with van der Waals surface area (Å²) in [5, 5.41) is 12.9. The van der Waals surface area contributed by atoms with Crippen molar-refractivity contribution >= 4 is 22.8 Å². The van der Waals surface area contributed by atoms with E-state index in [1.807, 2.05) is 12.1 Å². The third kappa shape index (κ3) is 3.80. The van der Waals surface area contributed by atoms with Gasteiger partial charge in [-0.1, -0.05) is 30.3 Å². The lowest BCUT2D eigenvalue weighted by atomic mass is 10.0. The second kappa shape index (κ2) is 7.65. The molecule has 0 saturated carbocycles. The molecule has 0 bridgehead atoms. The number of carbonyl (C=O) groups excluding carboxylic acids is 1. The fourth-order valence-electron chi connectivity index (χ4n) is 2.76. The molecule has 0 aliphatic rings. The number of aromatic nitrogens is 1. The van der Waals surface area contributed by atoms with E-state index in [4.69, 9.17) is 4.74 Å². The van der Waals surface area contributed by atoms with Crippen molar-refractivity contribution in [1.29, 1.82) is 0 Å². The van der Waals surface area contributed by atoms with Gasteiger partial charge in [-0.25, -0.2) is 4.79 Å². The van der Waals surface area contributed by atoms with Crippen LogP contribution in [0.3, 0.4) is 0 Å². The summed E-state index contributed by atoms with van der Waals surface area (Å²) in [6, 6.07) is 14.9. The molecule has 0 fully saturated rings. The first-order chi connectivity index (χ1) is 12.6. The van der Waals surface area contributed by atoms with Gasteiger partial charge in [-0.3, -0.25) is 9.78 Å². The van der Waals surface area contributed by atoms with Gasteiger partial charge in [0.25, 0.3) is 5.91 Å². The van der Waals surface area contributed by atoms with Crippen molar-refractivity contribution in [3.8, 4) is 5.75 Å². The third-order valence-corrected chi connectivity index (χ3v) is 4.05. The van der Waals surface area contributed by atoms with Crippen LogP contribution in [-0.4, -0.2) is 35.1 Å². The number of pyridine rings is 1. The zero-order valence-corrected chi connectivity index (χ0v) is 14.2. The highest BCUT2D eigenvalue weighted by Gasteiger charge is 2.22. The molecule has 3 rings (SSSR count). The lowest BCUT2D eigenvalue weighted by Crippen LogP contribution is -2.42. The van der Waals surface area contributed by atoms with Gasteiger partial charge < -0.3 is 15.2 Å². The number of carboxylic acid groups (broad SMARTS) is 1. The number of carboxylic acids is 1. The van der Waals surface area contributed by atoms with Gasteiger partial charge in [0.2, 0.25) is 0 Å². The summed E-state index contributed by atoms with van der Waals surface area (Å²) in [7, 11) is 1.54. The van der Waals surface area contributed by atoms with Gasteiger partial charge in [-0.15, -0.1) is 0 Å². The van der Waals surface area contributed by atoms with Gasteiger partial charge in [0.1, 0.15) is 11.8 Å². The van der Waals surface area contributed by atoms with E-state index in [-0.39, 0.29) is 6.42 Å². The van der Waals surface area contributed by atoms with E-state index in [0.717, 1.165) is 10.9 Å². The number of hydrogen-bond acceptors (Lipinski definition) is 4. The van der Waals surface area contributed by atoms with Crippen LogP contribution in [0.4, 0.5) is 0 Å². The van der Waals surface area contributed by atoms with Crippen LogP contribution >= 0.6 is 0 Å². The van der Waals surface area contributed by atoms with Crippen LogP contribution < -0.4 is 10.1 Å². The molecular weight excluding hydrogens is 332 g/mol. The van der Waals surface area contributed by atoms with Crippen LogP contribution in [0.15, 0.2) is 60.8 Å². The molecule has 3 aromatic rings. The molecule has 0 spiro atoms. The van der Waals surface area contributed by atoms with Crippen LogP contribution in [0, 0.1) is 0 Å². The standard InChI is InChI=1S/C20H18N2O4/c1-26-15-8-2-5-13(11-15)12-17(20(24)25)22-19(23)16-9-3-6-14-7-4-10-21-18(14)16/h2-11,17H,12H2,1H3,(H,22,23)(H,24,25)/t17-/m1/s1. The predicted octanol–water partition coefficient (Wildman–Crippen LogP) is 2.67. The van der Waals surface area contributed by atoms with Gasteiger partial charge >= 0.3 is 5.97 Å². The monoisotopic (exact) mass is 350 g/mol. The summed E-state index contributed by atoms with van der Waals surface area (Å²) in [6.07, 6.45) is 1.75. The smallest absolute Gasteiger partial charge is 0.326 e. The van der Waals surface area contributed by atoms with Gasteiger partial charge in [-0.2, -0.15) is 0 Å². The van der Waals surface area contributed by atoms with Crippen LogP contribution in [-0.2, 0) is 11.2 Å². The molecule has 1 amide bonds. The first-order valence-electron chi connectivity index (χ1n) is 8.09. The van der Waals surface area contributed by atoms with Crippen molar-refractivity contribution in [3.63, 3.8) is 0 Å². The highest BCUT2D eigenvalue weighted by Crippen LogP contribution is 2.17. The second-order valence-electron chi connectivity index (χ2n) is 5.80. The van der Waals surface area contributed by atoms with Crippen LogP contribution in [0.2, 0.25) is 0 Å². The molecule has 1 aromatic heterocycles. The Morgan fingerprint density at radius 3 is 2.69 bits per heavy atom. The maximum Gasteiger partial charge on any atom is 0.326 e. The summed E-state index contributed by atoms with van der Waals surface area (Å²) in [5.74, 6) is -0.935. The van der Waals surface area contributed by atoms with Gasteiger partial charge in [-0.05, 0) is 29.8 Å². The first kappa shape index (κ1) is 17.4. The number of amides is 1. The number of carbonyl (C=O) groups is 2. The fraction of sp³-hybridized carbons (Fsp3) is 0.150. The molecule has 0 aliphatic carbocycles. The van der Waals surface area contributed by atoms with Crippen LogP contribution in [0.5, 0.6) is 5.75 Å². The lowest BCUT2D eigenvalue weighted by Gasteiger charge is -2.16. The van der Waals surface area contributed by atoms with Crippen molar-refractivity contribution in [2.45, 2.75) is 12.5 Å². The Morgan fingerprint density at radius 2 is 1.92 bits per heavy atom. The number of nitrogens with one attached hydrogen (secondary N) is 1. The fourth-order valence-corrected chi connectivity index (χ4v) is 2.76. The van der Waals surface area contributed by atoms with E-state index in [0.29, 0.717) is 16.8 Å². The van der Waals surface area contributed by atoms with Gasteiger partial charge in [0.15, 0.2) is 0 Å². The Kier molecular flexibility index (Phi) is 5.12. The highest BCUT2D eigenvalue weighted by atomic mass is 16.5. The third-order valence-electron chi connectivity index (χ3n) is 4.05. The molecule has 0 saturated heterocycles. The summed E-state index contributed by atoms with van der Waals surface area (Å²) < 4.78 is 5.15. The van der Waals surface area contributed by atoms with Crippen LogP contribution in [0.1, 0.15) is 15.9 Å². The number of nitrogens with zero attached hydrogens (tertiary/aromatic N) is 1. The molecule has 6 heteroatoms. The molecule has 6 nitrogen and oxygen atoms in total. The number of aliphatic carboxylic acids is 1. The van der Waals surface area contributed by atoms with E-state index < -0.39 is 17.9 Å². The number of para-hydroxylation sites is 1. The summed E-state index contributed by atoms with van der Waals surface area (Å²) >= 11 is 0. The molecule has 2 aromatic carbocycles. The largest absolute Gasteiger partial charge is 0.497 e. The summed E-state index contributed by atoms with van der Waals surface area (Å²) in [5.41, 5.74) is 1.64. The molecule has 0 unspecified atom stereocenters. The Labute approximate surface area is 150 Å². The Balaban J connectivity index is 1.83. The summed E-state index contributed by atoms with van der Waals surface area (Å²) in [4.78, 5) is 28.5. The number of benzene rings is 2. The Morgan fingerprint density at radius 1 is 1.15 bits per heavy atom. The number of ether oxygens (including phenoxy) is 1. The molecular formula is C20H18N2O4. The predicted molar refractivity (Wildman–Crippen MR) is 97.3 cm³/mol. The SMILES string of the molecule is COc1cccc(C[C@@H](NC(=O)c2cccc3cccnc23)C(=O)O)c1. The molecule has 0 radical (unpaired) electrons. The van der Waals surface area contributed by atoms with E-state index in [2.05, 4.69) is 10.3 Å². The highest BCUT2D eigenvalue weighted by molar-refractivity contribution is 6.06. The molecule has 26 heavy (non-hydrogen) atoms. The van der Waals surface area contributed by atoms with Crippen molar-refractivity contribution in [2.75, 3.05) is 7.11 Å². The van der Waals surface area contributed by atoms with Gasteiger partial charge in [0.05, 0.1) is 18.2 Å². The maximum absolute atomic E-state index is 12.6. The number of methoxy groups -OCH3 is 1. The summed E-state index contributed by atoms with van der Waals surface area (Å²) in [6.45, 7) is 0. The van der Waals surface area contributed by atoms with Crippen molar-refractivity contribution < 1.29 is 19.4 Å². The zero-order chi connectivity index (χ0) is 18.5. The second-order valence-corrected chi connectivity index (χ2v) is 5.80. The molecule has 132 valence electrons. The Bertz CT molecular complexity index is 950. The topological polar surface area (TPSA) is 88.5 Å². The minimum atomic E-state index is -1.10. The van der Waals surface area contributed by atoms with E-state index in [9.17, 15) is 14.7 Å². The van der Waals surface area contributed by atoms with Crippen molar-refractivity contribution in [1.82, 2.24) is 10.3 Å². The minimum Gasteiger partial charge on any atom is -0.497 e. The average Bonchev–Trinajstić information content (AvgIpc) is 2.67. The molecule has 2 N–H and O–H groups in total. The quantitative estimate of drug-likeness (QED) is 0.713. The lowest BCUT2D eigenvalue weighted by molar-refractivity contribution is -0.139. The van der Waals surface area contributed by atoms with E-state index in [1.165, 1.54) is 0 Å². The molecule has 0 aliphatic heterocycles. The number of hydrogen-bond donors (Lipinski definition) is 2. The number of rotatable bonds is 6. The van der Waals surface area contributed by atoms with Gasteiger partial charge in [0, 0.05) is 18.0 Å².